The molecule has 0 spiro atoms. The second kappa shape index (κ2) is 6.93. The van der Waals surface area contributed by atoms with E-state index in [0.29, 0.717) is 17.9 Å². The van der Waals surface area contributed by atoms with Crippen molar-refractivity contribution >= 4 is 5.91 Å². The van der Waals surface area contributed by atoms with E-state index in [1.807, 2.05) is 0 Å². The fourth-order valence-electron chi connectivity index (χ4n) is 3.85. The molecule has 2 rings (SSSR count). The molecule has 1 saturated carbocycles. The van der Waals surface area contributed by atoms with Gasteiger partial charge in [0.15, 0.2) is 0 Å². The first-order chi connectivity index (χ1) is 9.52. The summed E-state index contributed by atoms with van der Waals surface area (Å²) in [7, 11) is 0. The third kappa shape index (κ3) is 3.55. The van der Waals surface area contributed by atoms with Crippen molar-refractivity contribution in [3.63, 3.8) is 0 Å². The molecule has 1 aliphatic carbocycles. The van der Waals surface area contributed by atoms with Gasteiger partial charge in [0.25, 0.3) is 0 Å². The SMILES string of the molecule is CCC1NC(CC(C)C)C(=O)N1C1CCCC(C)CC1. The summed E-state index contributed by atoms with van der Waals surface area (Å²) in [4.78, 5) is 15.0. The Kier molecular flexibility index (Phi) is 5.48. The van der Waals surface area contributed by atoms with Gasteiger partial charge in [0.1, 0.15) is 0 Å². The summed E-state index contributed by atoms with van der Waals surface area (Å²) in [5.41, 5.74) is 0. The van der Waals surface area contributed by atoms with Crippen LogP contribution in [0, 0.1) is 11.8 Å². The zero-order chi connectivity index (χ0) is 14.7. The fraction of sp³-hybridized carbons (Fsp3) is 0.941. The van der Waals surface area contributed by atoms with Gasteiger partial charge in [-0.1, -0.05) is 40.5 Å². The molecule has 4 unspecified atom stereocenters. The smallest absolute Gasteiger partial charge is 0.241 e. The van der Waals surface area contributed by atoms with Crippen LogP contribution in [-0.2, 0) is 4.79 Å². The molecule has 1 saturated heterocycles. The minimum atomic E-state index is 0.0561. The Bertz CT molecular complexity index is 329. The molecule has 1 heterocycles. The van der Waals surface area contributed by atoms with Crippen LogP contribution < -0.4 is 5.32 Å². The minimum Gasteiger partial charge on any atom is -0.323 e. The van der Waals surface area contributed by atoms with E-state index in [4.69, 9.17) is 0 Å². The molecule has 0 bridgehead atoms. The molecule has 0 aromatic rings. The monoisotopic (exact) mass is 280 g/mol. The van der Waals surface area contributed by atoms with Gasteiger partial charge >= 0.3 is 0 Å². The van der Waals surface area contributed by atoms with Crippen molar-refractivity contribution in [2.75, 3.05) is 0 Å². The highest BCUT2D eigenvalue weighted by Gasteiger charge is 2.41. The molecular formula is C17H32N2O. The highest BCUT2D eigenvalue weighted by molar-refractivity contribution is 5.84. The molecule has 0 radical (unpaired) electrons. The number of amides is 1. The molecule has 1 N–H and O–H groups in total. The van der Waals surface area contributed by atoms with E-state index in [2.05, 4.69) is 37.9 Å². The lowest BCUT2D eigenvalue weighted by atomic mass is 10.0. The molecular weight excluding hydrogens is 248 g/mol. The van der Waals surface area contributed by atoms with Gasteiger partial charge in [-0.15, -0.1) is 0 Å². The number of rotatable bonds is 4. The standard InChI is InChI=1S/C17H32N2O/c1-5-16-18-15(11-12(2)3)17(20)19(16)14-8-6-7-13(4)9-10-14/h12-16,18H,5-11H2,1-4H3. The molecule has 3 heteroatoms. The summed E-state index contributed by atoms with van der Waals surface area (Å²) in [5.74, 6) is 1.77. The van der Waals surface area contributed by atoms with Crippen LogP contribution in [0.15, 0.2) is 0 Å². The average molecular weight is 280 g/mol. The number of hydrogen-bond donors (Lipinski definition) is 1. The highest BCUT2D eigenvalue weighted by Crippen LogP contribution is 2.30. The topological polar surface area (TPSA) is 32.3 Å². The van der Waals surface area contributed by atoms with Gasteiger partial charge < -0.3 is 4.90 Å². The Hall–Kier alpha value is -0.570. The lowest BCUT2D eigenvalue weighted by Gasteiger charge is -2.32. The van der Waals surface area contributed by atoms with Crippen LogP contribution in [0.3, 0.4) is 0 Å². The normalized spacial score (nSPS) is 35.6. The van der Waals surface area contributed by atoms with Gasteiger partial charge in [-0.2, -0.15) is 0 Å². The van der Waals surface area contributed by atoms with Gasteiger partial charge in [-0.05, 0) is 43.9 Å². The largest absolute Gasteiger partial charge is 0.323 e. The molecule has 0 aromatic carbocycles. The maximum atomic E-state index is 12.8. The summed E-state index contributed by atoms with van der Waals surface area (Å²) in [6.45, 7) is 8.94. The summed E-state index contributed by atoms with van der Waals surface area (Å²) in [6, 6.07) is 0.530. The third-order valence-corrected chi connectivity index (χ3v) is 5.00. The van der Waals surface area contributed by atoms with Crippen molar-refractivity contribution in [3.05, 3.63) is 0 Å². The Labute approximate surface area is 124 Å². The summed E-state index contributed by atoms with van der Waals surface area (Å²) in [5, 5.41) is 3.58. The number of nitrogens with zero attached hydrogens (tertiary/aromatic N) is 1. The van der Waals surface area contributed by atoms with Gasteiger partial charge in [0.05, 0.1) is 12.2 Å². The zero-order valence-electron chi connectivity index (χ0n) is 13.7. The van der Waals surface area contributed by atoms with Gasteiger partial charge in [0, 0.05) is 6.04 Å². The Morgan fingerprint density at radius 2 is 2.00 bits per heavy atom. The van der Waals surface area contributed by atoms with Gasteiger partial charge in [-0.3, -0.25) is 10.1 Å². The van der Waals surface area contributed by atoms with Gasteiger partial charge in [-0.25, -0.2) is 0 Å². The molecule has 4 atom stereocenters. The maximum Gasteiger partial charge on any atom is 0.241 e. The molecule has 2 fully saturated rings. The quantitative estimate of drug-likeness (QED) is 0.799. The molecule has 20 heavy (non-hydrogen) atoms. The number of carbonyl (C=O) groups excluding carboxylic acids is 1. The summed E-state index contributed by atoms with van der Waals surface area (Å²) in [6.07, 6.45) is 8.53. The minimum absolute atomic E-state index is 0.0561. The molecule has 2 aliphatic rings. The first-order valence-corrected chi connectivity index (χ1v) is 8.61. The second-order valence-electron chi connectivity index (χ2n) is 7.29. The van der Waals surface area contributed by atoms with Crippen molar-refractivity contribution in [3.8, 4) is 0 Å². The van der Waals surface area contributed by atoms with Crippen molar-refractivity contribution in [2.24, 2.45) is 11.8 Å². The first-order valence-electron chi connectivity index (χ1n) is 8.61. The maximum absolute atomic E-state index is 12.8. The molecule has 1 aliphatic heterocycles. The van der Waals surface area contributed by atoms with Gasteiger partial charge in [0.2, 0.25) is 5.91 Å². The molecule has 0 aromatic heterocycles. The van der Waals surface area contributed by atoms with E-state index in [9.17, 15) is 4.79 Å². The first kappa shape index (κ1) is 15.8. The highest BCUT2D eigenvalue weighted by atomic mass is 16.2. The van der Waals surface area contributed by atoms with Crippen LogP contribution in [0.1, 0.15) is 72.6 Å². The average Bonchev–Trinajstić information content (AvgIpc) is 2.57. The number of hydrogen-bond acceptors (Lipinski definition) is 2. The van der Waals surface area contributed by atoms with Crippen molar-refractivity contribution in [1.29, 1.82) is 0 Å². The van der Waals surface area contributed by atoms with Crippen LogP contribution in [0.4, 0.5) is 0 Å². The lowest BCUT2D eigenvalue weighted by molar-refractivity contribution is -0.132. The lowest BCUT2D eigenvalue weighted by Crippen LogP contribution is -2.44. The van der Waals surface area contributed by atoms with Crippen LogP contribution >= 0.6 is 0 Å². The van der Waals surface area contributed by atoms with E-state index in [-0.39, 0.29) is 12.2 Å². The van der Waals surface area contributed by atoms with Crippen molar-refractivity contribution < 1.29 is 4.79 Å². The van der Waals surface area contributed by atoms with Crippen LogP contribution in [0.25, 0.3) is 0 Å². The van der Waals surface area contributed by atoms with Crippen LogP contribution in [0.5, 0.6) is 0 Å². The van der Waals surface area contributed by atoms with Crippen LogP contribution in [0.2, 0.25) is 0 Å². The number of nitrogens with one attached hydrogen (secondary N) is 1. The Morgan fingerprint density at radius 3 is 2.65 bits per heavy atom. The van der Waals surface area contributed by atoms with E-state index < -0.39 is 0 Å². The zero-order valence-corrected chi connectivity index (χ0v) is 13.7. The van der Waals surface area contributed by atoms with Crippen LogP contribution in [-0.4, -0.2) is 29.1 Å². The molecule has 1 amide bonds. The summed E-state index contributed by atoms with van der Waals surface area (Å²) < 4.78 is 0. The van der Waals surface area contributed by atoms with Crippen molar-refractivity contribution in [1.82, 2.24) is 10.2 Å². The fourth-order valence-corrected chi connectivity index (χ4v) is 3.85. The molecule has 116 valence electrons. The third-order valence-electron chi connectivity index (χ3n) is 5.00. The van der Waals surface area contributed by atoms with E-state index in [1.54, 1.807) is 0 Å². The second-order valence-corrected chi connectivity index (χ2v) is 7.29. The number of carbonyl (C=O) groups is 1. The van der Waals surface area contributed by atoms with Crippen molar-refractivity contribution in [2.45, 2.75) is 90.9 Å². The predicted molar refractivity (Wildman–Crippen MR) is 83.3 cm³/mol. The predicted octanol–water partition coefficient (Wildman–Crippen LogP) is 3.54. The Morgan fingerprint density at radius 1 is 1.25 bits per heavy atom. The summed E-state index contributed by atoms with van der Waals surface area (Å²) >= 11 is 0. The van der Waals surface area contributed by atoms with E-state index in [1.165, 1.54) is 32.1 Å². The molecule has 3 nitrogen and oxygen atoms in total. The van der Waals surface area contributed by atoms with E-state index in [0.717, 1.165) is 18.8 Å². The van der Waals surface area contributed by atoms with E-state index >= 15 is 0 Å². The Balaban J connectivity index is 2.06.